The van der Waals surface area contributed by atoms with Crippen molar-refractivity contribution in [3.05, 3.63) is 93.5 Å². The number of nitrogens with zero attached hydrogens (tertiary/aromatic N) is 2. The van der Waals surface area contributed by atoms with E-state index in [2.05, 4.69) is 10.6 Å². The molecule has 4 rings (SSSR count). The molecule has 0 atom stereocenters. The Kier molecular flexibility index (Phi) is 6.35. The van der Waals surface area contributed by atoms with Gasteiger partial charge in [-0.15, -0.1) is 0 Å². The second kappa shape index (κ2) is 9.52. The van der Waals surface area contributed by atoms with Gasteiger partial charge in [-0.2, -0.15) is 0 Å². The van der Waals surface area contributed by atoms with E-state index in [4.69, 9.17) is 0 Å². The first-order valence-corrected chi connectivity index (χ1v) is 10.7. The van der Waals surface area contributed by atoms with Crippen molar-refractivity contribution in [2.24, 2.45) is 0 Å². The van der Waals surface area contributed by atoms with Crippen molar-refractivity contribution >= 4 is 34.6 Å². The molecule has 2 N–H and O–H groups in total. The van der Waals surface area contributed by atoms with Gasteiger partial charge in [-0.3, -0.25) is 19.7 Å². The van der Waals surface area contributed by atoms with E-state index in [0.29, 0.717) is 22.6 Å². The third kappa shape index (κ3) is 5.01. The summed E-state index contributed by atoms with van der Waals surface area (Å²) in [6.07, 6.45) is 2.00. The quantitative estimate of drug-likeness (QED) is 0.411. The van der Waals surface area contributed by atoms with Crippen LogP contribution in [-0.2, 0) is 0 Å². The molecule has 0 bridgehead atoms. The molecule has 2 amide bonds. The van der Waals surface area contributed by atoms with E-state index in [0.717, 1.165) is 31.5 Å². The standard InChI is InChI=1S/C25H24N4O4/c1-17-15-20(10-11-21(17)27-24(30)18-7-3-2-4-8-18)26-25(31)19-9-12-22(23(16-19)29(32)33)28-13-5-6-14-28/h2-4,7-12,15-16H,5-6,13-14H2,1H3,(H,26,31)(H,27,30). The minimum absolute atomic E-state index is 0.0697. The van der Waals surface area contributed by atoms with Crippen LogP contribution in [0.3, 0.4) is 0 Å². The van der Waals surface area contributed by atoms with Crippen LogP contribution in [-0.4, -0.2) is 29.8 Å². The Morgan fingerprint density at radius 2 is 1.58 bits per heavy atom. The molecule has 0 aromatic heterocycles. The highest BCUT2D eigenvalue weighted by Gasteiger charge is 2.24. The zero-order valence-corrected chi connectivity index (χ0v) is 18.2. The average molecular weight is 444 g/mol. The molecular weight excluding hydrogens is 420 g/mol. The van der Waals surface area contributed by atoms with Crippen molar-refractivity contribution in [2.45, 2.75) is 19.8 Å². The maximum absolute atomic E-state index is 12.8. The second-order valence-electron chi connectivity index (χ2n) is 7.96. The number of hydrogen-bond donors (Lipinski definition) is 2. The predicted octanol–water partition coefficient (Wildman–Crippen LogP) is 5.01. The van der Waals surface area contributed by atoms with Crippen LogP contribution in [0.2, 0.25) is 0 Å². The number of benzene rings is 3. The number of carbonyl (C=O) groups excluding carboxylic acids is 2. The van der Waals surface area contributed by atoms with Gasteiger partial charge in [-0.05, 0) is 67.8 Å². The topological polar surface area (TPSA) is 105 Å². The minimum atomic E-state index is -0.446. The molecule has 1 aliphatic heterocycles. The van der Waals surface area contributed by atoms with Crippen molar-refractivity contribution < 1.29 is 14.5 Å². The maximum atomic E-state index is 12.8. The molecule has 1 aliphatic rings. The molecule has 0 saturated carbocycles. The van der Waals surface area contributed by atoms with Crippen molar-refractivity contribution in [3.63, 3.8) is 0 Å². The van der Waals surface area contributed by atoms with Crippen LogP contribution in [0.15, 0.2) is 66.7 Å². The van der Waals surface area contributed by atoms with Gasteiger partial charge in [0.05, 0.1) is 4.92 Å². The molecule has 168 valence electrons. The van der Waals surface area contributed by atoms with E-state index < -0.39 is 10.8 Å². The molecule has 3 aromatic carbocycles. The minimum Gasteiger partial charge on any atom is -0.366 e. The Balaban J connectivity index is 1.48. The van der Waals surface area contributed by atoms with Gasteiger partial charge in [0.2, 0.25) is 0 Å². The molecule has 33 heavy (non-hydrogen) atoms. The highest BCUT2D eigenvalue weighted by Crippen LogP contribution is 2.32. The largest absolute Gasteiger partial charge is 0.366 e. The van der Waals surface area contributed by atoms with Gasteiger partial charge in [0.15, 0.2) is 0 Å². The fourth-order valence-electron chi connectivity index (χ4n) is 3.91. The van der Waals surface area contributed by atoms with Crippen LogP contribution in [0.4, 0.5) is 22.7 Å². The molecule has 8 nitrogen and oxygen atoms in total. The number of aryl methyl sites for hydroxylation is 1. The van der Waals surface area contributed by atoms with Gasteiger partial charge in [-0.25, -0.2) is 0 Å². The number of carbonyl (C=O) groups is 2. The van der Waals surface area contributed by atoms with E-state index in [9.17, 15) is 19.7 Å². The van der Waals surface area contributed by atoms with Crippen LogP contribution < -0.4 is 15.5 Å². The average Bonchev–Trinajstić information content (AvgIpc) is 3.35. The Bertz CT molecular complexity index is 1200. The number of nitro benzene ring substituents is 1. The molecule has 1 heterocycles. The molecule has 3 aromatic rings. The van der Waals surface area contributed by atoms with Gasteiger partial charge in [-0.1, -0.05) is 18.2 Å². The van der Waals surface area contributed by atoms with Crippen LogP contribution >= 0.6 is 0 Å². The molecule has 0 aliphatic carbocycles. The molecule has 0 spiro atoms. The summed E-state index contributed by atoms with van der Waals surface area (Å²) in [5.74, 6) is -0.660. The van der Waals surface area contributed by atoms with Gasteiger partial charge in [0.1, 0.15) is 5.69 Å². The first-order valence-electron chi connectivity index (χ1n) is 10.7. The Hall–Kier alpha value is -4.20. The lowest BCUT2D eigenvalue weighted by atomic mass is 10.1. The lowest BCUT2D eigenvalue weighted by Crippen LogP contribution is -2.20. The monoisotopic (exact) mass is 444 g/mol. The number of amides is 2. The Morgan fingerprint density at radius 1 is 0.879 bits per heavy atom. The molecular formula is C25H24N4O4. The zero-order valence-electron chi connectivity index (χ0n) is 18.2. The second-order valence-corrected chi connectivity index (χ2v) is 7.96. The predicted molar refractivity (Wildman–Crippen MR) is 128 cm³/mol. The van der Waals surface area contributed by atoms with E-state index in [1.807, 2.05) is 17.9 Å². The maximum Gasteiger partial charge on any atom is 0.293 e. The van der Waals surface area contributed by atoms with Gasteiger partial charge in [0.25, 0.3) is 17.5 Å². The molecule has 8 heteroatoms. The van der Waals surface area contributed by atoms with Gasteiger partial charge in [0, 0.05) is 41.7 Å². The number of nitro groups is 1. The number of anilines is 3. The first kappa shape index (κ1) is 22.0. The normalized spacial score (nSPS) is 12.9. The highest BCUT2D eigenvalue weighted by molar-refractivity contribution is 6.06. The Labute approximate surface area is 191 Å². The molecule has 0 unspecified atom stereocenters. The van der Waals surface area contributed by atoms with Crippen molar-refractivity contribution in [2.75, 3.05) is 28.6 Å². The molecule has 0 radical (unpaired) electrons. The third-order valence-electron chi connectivity index (χ3n) is 5.65. The van der Waals surface area contributed by atoms with Crippen LogP contribution in [0.5, 0.6) is 0 Å². The zero-order chi connectivity index (χ0) is 23.4. The number of hydrogen-bond acceptors (Lipinski definition) is 5. The summed E-state index contributed by atoms with van der Waals surface area (Å²) in [5, 5.41) is 17.2. The number of rotatable bonds is 6. The van der Waals surface area contributed by atoms with E-state index >= 15 is 0 Å². The van der Waals surface area contributed by atoms with Crippen molar-refractivity contribution in [1.29, 1.82) is 0 Å². The highest BCUT2D eigenvalue weighted by atomic mass is 16.6. The summed E-state index contributed by atoms with van der Waals surface area (Å²) in [4.78, 5) is 38.3. The fourth-order valence-corrected chi connectivity index (χ4v) is 3.91. The fraction of sp³-hybridized carbons (Fsp3) is 0.200. The van der Waals surface area contributed by atoms with Crippen LogP contribution in [0.25, 0.3) is 0 Å². The SMILES string of the molecule is Cc1cc(NC(=O)c2ccc(N3CCCC3)c([N+](=O)[O-])c2)ccc1NC(=O)c1ccccc1. The Morgan fingerprint density at radius 3 is 2.24 bits per heavy atom. The molecule has 1 saturated heterocycles. The lowest BCUT2D eigenvalue weighted by molar-refractivity contribution is -0.384. The van der Waals surface area contributed by atoms with Crippen LogP contribution in [0, 0.1) is 17.0 Å². The lowest BCUT2D eigenvalue weighted by Gasteiger charge is -2.18. The summed E-state index contributed by atoms with van der Waals surface area (Å²) < 4.78 is 0. The summed E-state index contributed by atoms with van der Waals surface area (Å²) in [7, 11) is 0. The molecule has 1 fully saturated rings. The summed E-state index contributed by atoms with van der Waals surface area (Å²) in [6, 6.07) is 18.6. The third-order valence-corrected chi connectivity index (χ3v) is 5.65. The number of nitrogens with one attached hydrogen (secondary N) is 2. The van der Waals surface area contributed by atoms with E-state index in [1.165, 1.54) is 6.07 Å². The van der Waals surface area contributed by atoms with Crippen LogP contribution in [0.1, 0.15) is 39.1 Å². The van der Waals surface area contributed by atoms with Gasteiger partial charge >= 0.3 is 0 Å². The van der Waals surface area contributed by atoms with Crippen molar-refractivity contribution in [3.8, 4) is 0 Å². The van der Waals surface area contributed by atoms with E-state index in [-0.39, 0.29) is 17.2 Å². The first-order chi connectivity index (χ1) is 15.9. The summed E-state index contributed by atoms with van der Waals surface area (Å²) in [5.41, 5.74) is 3.17. The van der Waals surface area contributed by atoms with E-state index in [1.54, 1.807) is 54.6 Å². The summed E-state index contributed by atoms with van der Waals surface area (Å²) in [6.45, 7) is 3.38. The summed E-state index contributed by atoms with van der Waals surface area (Å²) >= 11 is 0. The smallest absolute Gasteiger partial charge is 0.293 e. The van der Waals surface area contributed by atoms with Crippen molar-refractivity contribution in [1.82, 2.24) is 0 Å². The van der Waals surface area contributed by atoms with Gasteiger partial charge < -0.3 is 15.5 Å².